The van der Waals surface area contributed by atoms with Crippen molar-refractivity contribution in [3.8, 4) is 6.07 Å². The normalized spacial score (nSPS) is 24.9. The molecule has 2 rings (SSSR count). The molecule has 0 spiro atoms. The molecule has 2 heterocycles. The fourth-order valence-corrected chi connectivity index (χ4v) is 8.22. The summed E-state index contributed by atoms with van der Waals surface area (Å²) >= 11 is 1.36. The van der Waals surface area contributed by atoms with E-state index in [4.69, 9.17) is 9.72 Å². The molecule has 1 aromatic heterocycles. The van der Waals surface area contributed by atoms with Gasteiger partial charge in [0.1, 0.15) is 36.3 Å². The molecule has 17 heteroatoms. The maximum atomic E-state index is 14.7. The number of carbonyl (C=O) groups is 7. The second-order valence-electron chi connectivity index (χ2n) is 19.5. The molecule has 0 unspecified atom stereocenters. The molecule has 1 aliphatic heterocycles. The van der Waals surface area contributed by atoms with Crippen molar-refractivity contribution in [2.75, 3.05) is 21.1 Å². The van der Waals surface area contributed by atoms with Crippen LogP contribution >= 0.6 is 11.3 Å². The molecule has 3 N–H and O–H groups in total. The molecule has 0 aromatic carbocycles. The Balaban J connectivity index is 2.89. The van der Waals surface area contributed by atoms with Gasteiger partial charge in [0.25, 0.3) is 5.91 Å². The molecule has 7 atom stereocenters. The van der Waals surface area contributed by atoms with E-state index in [0.717, 1.165) is 10.6 Å². The van der Waals surface area contributed by atoms with Gasteiger partial charge in [-0.05, 0) is 56.3 Å². The third-order valence-corrected chi connectivity index (χ3v) is 11.8. The van der Waals surface area contributed by atoms with Crippen LogP contribution in [0.2, 0.25) is 0 Å². The van der Waals surface area contributed by atoms with Crippen molar-refractivity contribution >= 4 is 52.7 Å². The zero-order valence-electron chi connectivity index (χ0n) is 39.8. The number of hydrogen-bond acceptors (Lipinski definition) is 11. The standard InChI is InChI=1S/C45H74N8O8S/c1-25(2)19-30-41(57)51(13)29(9)44(60)61-35(17-16-18-46)40(56)49-32(21-27(5)6)43(59)52(14)33(22-28(7)8)38(54)48-31(20-26(3)4)42(58)53(15)34(39(55)47-30)23-37-50-36(24-62-37)45(10,11)12/h24-35H,16-17,19-23H2,1-15H3,(H,47,55)(H,48,54)(H,49,56)/t29-,30-,31-,32-,33-,34-,35+/m0/s1. The first-order valence-corrected chi connectivity index (χ1v) is 22.8. The number of ether oxygens (including phenoxy) is 1. The Morgan fingerprint density at radius 3 is 1.53 bits per heavy atom. The maximum Gasteiger partial charge on any atom is 0.329 e. The number of amides is 6. The number of likely N-dealkylation sites (N-methyl/N-ethyl adjacent to an activating group) is 3. The van der Waals surface area contributed by atoms with Crippen LogP contribution in [0.3, 0.4) is 0 Å². The Kier molecular flexibility index (Phi) is 20.5. The number of thiazole rings is 1. The first kappa shape index (κ1) is 53.5. The van der Waals surface area contributed by atoms with Crippen molar-refractivity contribution in [2.45, 2.75) is 176 Å². The van der Waals surface area contributed by atoms with Gasteiger partial charge in [0, 0.05) is 51.2 Å². The van der Waals surface area contributed by atoms with Crippen LogP contribution in [0, 0.1) is 35.0 Å². The van der Waals surface area contributed by atoms with E-state index < -0.39 is 83.8 Å². The molecule has 0 aliphatic carbocycles. The number of hydrogen-bond donors (Lipinski definition) is 3. The Labute approximate surface area is 373 Å². The molecule has 1 saturated heterocycles. The van der Waals surface area contributed by atoms with Crippen LogP contribution in [0.25, 0.3) is 0 Å². The van der Waals surface area contributed by atoms with Crippen molar-refractivity contribution in [3.63, 3.8) is 0 Å². The lowest BCUT2D eigenvalue weighted by Crippen LogP contribution is -2.60. The molecule has 6 amide bonds. The van der Waals surface area contributed by atoms with Crippen LogP contribution in [0.4, 0.5) is 0 Å². The van der Waals surface area contributed by atoms with Crippen molar-refractivity contribution in [3.05, 3.63) is 16.1 Å². The average molecular weight is 887 g/mol. The molecule has 348 valence electrons. The highest BCUT2D eigenvalue weighted by Gasteiger charge is 2.40. The average Bonchev–Trinajstić information content (AvgIpc) is 3.66. The van der Waals surface area contributed by atoms with Crippen LogP contribution in [0.15, 0.2) is 5.38 Å². The van der Waals surface area contributed by atoms with Gasteiger partial charge in [-0.15, -0.1) is 11.3 Å². The van der Waals surface area contributed by atoms with Gasteiger partial charge in [-0.3, -0.25) is 28.8 Å². The van der Waals surface area contributed by atoms with E-state index in [1.807, 2.05) is 87.6 Å². The van der Waals surface area contributed by atoms with Gasteiger partial charge in [0.2, 0.25) is 29.5 Å². The smallest absolute Gasteiger partial charge is 0.329 e. The first-order valence-electron chi connectivity index (χ1n) is 21.9. The number of nitriles is 1. The van der Waals surface area contributed by atoms with E-state index in [9.17, 15) is 38.8 Å². The van der Waals surface area contributed by atoms with Gasteiger partial charge in [0.15, 0.2) is 6.10 Å². The predicted molar refractivity (Wildman–Crippen MR) is 238 cm³/mol. The van der Waals surface area contributed by atoms with E-state index >= 15 is 0 Å². The molecule has 1 fully saturated rings. The third-order valence-electron chi connectivity index (χ3n) is 10.9. The summed E-state index contributed by atoms with van der Waals surface area (Å²) in [6.07, 6.45) is -1.03. The van der Waals surface area contributed by atoms with Crippen molar-refractivity contribution in [1.82, 2.24) is 35.6 Å². The van der Waals surface area contributed by atoms with Gasteiger partial charge in [-0.2, -0.15) is 5.26 Å². The quantitative estimate of drug-likeness (QED) is 0.253. The molecule has 1 aromatic rings. The fourth-order valence-electron chi connectivity index (χ4n) is 7.16. The molecule has 1 aliphatic rings. The topological polar surface area (TPSA) is 211 Å². The lowest BCUT2D eigenvalue weighted by Gasteiger charge is -2.35. The highest BCUT2D eigenvalue weighted by Crippen LogP contribution is 2.26. The largest absolute Gasteiger partial charge is 0.451 e. The molecule has 0 saturated carbocycles. The van der Waals surface area contributed by atoms with Crippen LogP contribution in [0.5, 0.6) is 0 Å². The summed E-state index contributed by atoms with van der Waals surface area (Å²) in [6.45, 7) is 22.6. The van der Waals surface area contributed by atoms with Gasteiger partial charge in [-0.25, -0.2) is 9.78 Å². The molecular weight excluding hydrogens is 813 g/mol. The van der Waals surface area contributed by atoms with Gasteiger partial charge in [-0.1, -0.05) is 76.2 Å². The van der Waals surface area contributed by atoms with E-state index in [1.54, 1.807) is 0 Å². The zero-order valence-corrected chi connectivity index (χ0v) is 40.6. The minimum atomic E-state index is -1.49. The Hall–Kier alpha value is -4.59. The van der Waals surface area contributed by atoms with Crippen LogP contribution in [-0.4, -0.2) is 125 Å². The highest BCUT2D eigenvalue weighted by atomic mass is 32.1. The van der Waals surface area contributed by atoms with Crippen molar-refractivity contribution < 1.29 is 38.3 Å². The summed E-state index contributed by atoms with van der Waals surface area (Å²) < 4.78 is 5.69. The number of cyclic esters (lactones) is 1. The lowest BCUT2D eigenvalue weighted by atomic mass is 9.93. The molecular formula is C45H74N8O8S. The SMILES string of the molecule is CC(C)C[C@@H]1NC(=O)[C@H](Cc2nc(C(C)(C)C)cs2)N(C)C(=O)[C@H](CC(C)C)NC(=O)[C@H](CC(C)C)N(C)C(=O)[C@H](CC(C)C)NC(=O)[C@@H](CCC#N)OC(=O)[C@H](C)N(C)C1=O. The van der Waals surface area contributed by atoms with E-state index in [2.05, 4.69) is 16.0 Å². The van der Waals surface area contributed by atoms with Crippen molar-refractivity contribution in [2.24, 2.45) is 23.7 Å². The van der Waals surface area contributed by atoms with Crippen LogP contribution < -0.4 is 16.0 Å². The summed E-state index contributed by atoms with van der Waals surface area (Å²) in [4.78, 5) is 109. The minimum Gasteiger partial charge on any atom is -0.451 e. The van der Waals surface area contributed by atoms with Crippen molar-refractivity contribution in [1.29, 1.82) is 5.26 Å². The first-order chi connectivity index (χ1) is 28.7. The summed E-state index contributed by atoms with van der Waals surface area (Å²) in [5, 5.41) is 20.5. The molecule has 0 bridgehead atoms. The Morgan fingerprint density at radius 2 is 1.11 bits per heavy atom. The highest BCUT2D eigenvalue weighted by molar-refractivity contribution is 7.09. The summed E-state index contributed by atoms with van der Waals surface area (Å²) in [7, 11) is 4.36. The lowest BCUT2D eigenvalue weighted by molar-refractivity contribution is -0.163. The van der Waals surface area contributed by atoms with E-state index in [0.29, 0.717) is 5.01 Å². The Morgan fingerprint density at radius 1 is 0.694 bits per heavy atom. The fraction of sp³-hybridized carbons (Fsp3) is 0.756. The molecule has 62 heavy (non-hydrogen) atoms. The zero-order chi connectivity index (χ0) is 47.4. The van der Waals surface area contributed by atoms with Gasteiger partial charge in [0.05, 0.1) is 16.8 Å². The number of esters is 1. The predicted octanol–water partition coefficient (Wildman–Crippen LogP) is 4.35. The molecule has 16 nitrogen and oxygen atoms in total. The number of aromatic nitrogens is 1. The van der Waals surface area contributed by atoms with Gasteiger partial charge < -0.3 is 35.4 Å². The second-order valence-corrected chi connectivity index (χ2v) is 20.4. The second kappa shape index (κ2) is 23.7. The van der Waals surface area contributed by atoms with Crippen LogP contribution in [-0.2, 0) is 50.1 Å². The summed E-state index contributed by atoms with van der Waals surface area (Å²) in [5.74, 6) is -5.03. The minimum absolute atomic E-state index is 0.00783. The van der Waals surface area contributed by atoms with E-state index in [1.165, 1.54) is 49.2 Å². The monoisotopic (exact) mass is 887 g/mol. The number of carbonyl (C=O) groups excluding carboxylic acids is 7. The summed E-state index contributed by atoms with van der Waals surface area (Å²) in [5.41, 5.74) is 0.527. The summed E-state index contributed by atoms with van der Waals surface area (Å²) in [6, 6.07) is -4.90. The molecule has 0 radical (unpaired) electrons. The van der Waals surface area contributed by atoms with Gasteiger partial charge >= 0.3 is 5.97 Å². The third kappa shape index (κ3) is 15.6. The van der Waals surface area contributed by atoms with Crippen LogP contribution in [0.1, 0.15) is 132 Å². The number of nitrogens with zero attached hydrogens (tertiary/aromatic N) is 5. The van der Waals surface area contributed by atoms with E-state index in [-0.39, 0.29) is 74.0 Å². The Bertz CT molecular complexity index is 1770. The number of nitrogens with one attached hydrogen (secondary N) is 3. The number of rotatable bonds is 12. The maximum absolute atomic E-state index is 14.7.